The molecule has 1 saturated heterocycles. The van der Waals surface area contributed by atoms with Crippen molar-refractivity contribution in [3.8, 4) is 0 Å². The van der Waals surface area contributed by atoms with E-state index in [4.69, 9.17) is 0 Å². The molecule has 1 N–H and O–H groups in total. The van der Waals surface area contributed by atoms with Crippen LogP contribution in [0.3, 0.4) is 0 Å². The van der Waals surface area contributed by atoms with E-state index in [-0.39, 0.29) is 16.4 Å². The number of amides is 2. The van der Waals surface area contributed by atoms with Gasteiger partial charge in [-0.2, -0.15) is 0 Å². The van der Waals surface area contributed by atoms with Gasteiger partial charge in [-0.3, -0.25) is 0 Å². The molecule has 5 heteroatoms. The zero-order valence-electron chi connectivity index (χ0n) is 8.84. The molecule has 0 spiro atoms. The number of nitrogens with one attached hydrogen (secondary N) is 1. The number of rotatable bonds is 1. The van der Waals surface area contributed by atoms with Crippen molar-refractivity contribution in [2.24, 2.45) is 0 Å². The van der Waals surface area contributed by atoms with Gasteiger partial charge < -0.3 is 0 Å². The average molecular weight is 345 g/mol. The van der Waals surface area contributed by atoms with Crippen molar-refractivity contribution in [1.82, 2.24) is 5.32 Å². The summed E-state index contributed by atoms with van der Waals surface area (Å²) in [6, 6.07) is 6.42. The molecule has 2 atom stereocenters. The fourth-order valence-corrected chi connectivity index (χ4v) is 15.6. The molecule has 1 aromatic carbocycles. The van der Waals surface area contributed by atoms with Crippen molar-refractivity contribution in [2.75, 3.05) is 0 Å². The van der Waals surface area contributed by atoms with Crippen molar-refractivity contribution < 1.29 is 9.59 Å². The van der Waals surface area contributed by atoms with Crippen LogP contribution in [-0.2, 0) is 4.79 Å². The van der Waals surface area contributed by atoms with Crippen LogP contribution in [0, 0.1) is 0 Å². The van der Waals surface area contributed by atoms with Crippen LogP contribution in [0.25, 0.3) is 6.08 Å². The first-order chi connectivity index (χ1) is 8.25. The average Bonchev–Trinajstić information content (AvgIpc) is 2.91. The van der Waals surface area contributed by atoms with E-state index in [1.165, 1.54) is 26.2 Å². The van der Waals surface area contributed by atoms with E-state index in [1.807, 2.05) is 0 Å². The van der Waals surface area contributed by atoms with Crippen LogP contribution >= 0.6 is 11.8 Å². The maximum atomic E-state index is 11.8. The fourth-order valence-electron chi connectivity index (χ4n) is 3.14. The van der Waals surface area contributed by atoms with Crippen molar-refractivity contribution in [3.05, 3.63) is 33.2 Å². The molecule has 3 nitrogen and oxygen atoms in total. The summed E-state index contributed by atoms with van der Waals surface area (Å²) in [5.41, 5.74) is 2.67. The van der Waals surface area contributed by atoms with Gasteiger partial charge in [-0.1, -0.05) is 0 Å². The van der Waals surface area contributed by atoms with E-state index in [0.717, 1.165) is 0 Å². The Hall–Kier alpha value is -0.680. The molecular weight excluding hydrogens is 337 g/mol. The summed E-state index contributed by atoms with van der Waals surface area (Å²) >= 11 is -0.806. The minimum absolute atomic E-state index is 0.0876. The molecule has 1 fully saturated rings. The quantitative estimate of drug-likeness (QED) is 0.824. The van der Waals surface area contributed by atoms with Crippen molar-refractivity contribution in [1.29, 1.82) is 0 Å². The van der Waals surface area contributed by atoms with Crippen LogP contribution in [0.1, 0.15) is 14.8 Å². The summed E-state index contributed by atoms with van der Waals surface area (Å²) in [6.45, 7) is 0. The number of benzene rings is 1. The predicted molar refractivity (Wildman–Crippen MR) is 68.5 cm³/mol. The van der Waals surface area contributed by atoms with Gasteiger partial charge in [0.2, 0.25) is 0 Å². The van der Waals surface area contributed by atoms with Crippen LogP contribution < -0.4 is 8.64 Å². The third kappa shape index (κ3) is 1.27. The Morgan fingerprint density at radius 3 is 2.88 bits per heavy atom. The van der Waals surface area contributed by atoms with Gasteiger partial charge in [-0.05, 0) is 0 Å². The Balaban J connectivity index is 1.81. The second kappa shape index (κ2) is 3.42. The van der Waals surface area contributed by atoms with E-state index < -0.39 is 21.4 Å². The van der Waals surface area contributed by atoms with Crippen LogP contribution in [-0.4, -0.2) is 37.8 Å². The van der Waals surface area contributed by atoms with Gasteiger partial charge in [0.05, 0.1) is 0 Å². The molecule has 2 amide bonds. The molecule has 3 aliphatic heterocycles. The summed E-state index contributed by atoms with van der Waals surface area (Å²) in [6.07, 6.45) is 2.22. The minimum atomic E-state index is -1.99. The molecule has 0 radical (unpaired) electrons. The Kier molecular flexibility index (Phi) is 2.06. The van der Waals surface area contributed by atoms with Crippen molar-refractivity contribution in [2.45, 2.75) is 8.92 Å². The third-order valence-corrected chi connectivity index (χ3v) is 15.2. The van der Waals surface area contributed by atoms with E-state index >= 15 is 0 Å². The van der Waals surface area contributed by atoms with Gasteiger partial charge in [-0.25, -0.2) is 0 Å². The number of carbonyl (C=O) groups excluding carboxylic acids is 2. The van der Waals surface area contributed by atoms with Gasteiger partial charge in [0.1, 0.15) is 0 Å². The first-order valence-corrected chi connectivity index (χ1v) is 11.9. The van der Waals surface area contributed by atoms with E-state index in [2.05, 4.69) is 33.4 Å². The van der Waals surface area contributed by atoms with Crippen molar-refractivity contribution >= 4 is 53.7 Å². The van der Waals surface area contributed by atoms with E-state index in [1.54, 1.807) is 0 Å². The summed E-state index contributed by atoms with van der Waals surface area (Å²) in [4.78, 5) is 23.1. The summed E-state index contributed by atoms with van der Waals surface area (Å²) in [5, 5.41) is 2.05. The van der Waals surface area contributed by atoms with Crippen LogP contribution in [0.2, 0.25) is 0 Å². The van der Waals surface area contributed by atoms with Crippen LogP contribution in [0.4, 0.5) is 4.79 Å². The topological polar surface area (TPSA) is 46.2 Å². The maximum absolute atomic E-state index is 11.8. The van der Waals surface area contributed by atoms with Gasteiger partial charge in [-0.15, -0.1) is 0 Å². The van der Waals surface area contributed by atoms with Gasteiger partial charge in [0.25, 0.3) is 0 Å². The fraction of sp³-hybridized carbons (Fsp3) is 0.167. The van der Waals surface area contributed by atoms with Crippen LogP contribution in [0.5, 0.6) is 0 Å². The molecule has 4 bridgehead atoms. The summed E-state index contributed by atoms with van der Waals surface area (Å²) in [7, 11) is 0. The number of thioether (sulfide) groups is 1. The normalized spacial score (nSPS) is 28.1. The van der Waals surface area contributed by atoms with E-state index in [0.29, 0.717) is 3.67 Å². The molecule has 17 heavy (non-hydrogen) atoms. The molecule has 2 unspecified atom stereocenters. The Morgan fingerprint density at radius 2 is 2.18 bits per heavy atom. The molecule has 1 aromatic rings. The standard InChI is InChI=1S/C12H8NO2S.In/c1-2-8-5-3-4-6-9(8)7-10-11(14)13-12(15)16-10;/h1-4,6-7,10H,(H,13,14,15);. The molecule has 3 heterocycles. The third-order valence-electron chi connectivity index (χ3n) is 3.79. The Bertz CT molecular complexity index is 598. The second-order valence-corrected chi connectivity index (χ2v) is 13.6. The molecule has 0 aromatic heterocycles. The molecule has 82 valence electrons. The monoisotopic (exact) mass is 345 g/mol. The van der Waals surface area contributed by atoms with E-state index in [9.17, 15) is 9.59 Å². The number of carbonyl (C=O) groups is 2. The second-order valence-electron chi connectivity index (χ2n) is 4.58. The Labute approximate surface area is 110 Å². The molecule has 4 rings (SSSR count). The zero-order chi connectivity index (χ0) is 11.6. The number of hydrogen-bond acceptors (Lipinski definition) is 3. The summed E-state index contributed by atoms with van der Waals surface area (Å²) < 4.78 is 4.22. The molecular formula is C12H8InNO2S. The first kappa shape index (κ1) is 10.3. The van der Waals surface area contributed by atoms with Crippen LogP contribution in [0.15, 0.2) is 22.0 Å². The number of imide groups is 1. The van der Waals surface area contributed by atoms with Gasteiger partial charge in [0, 0.05) is 0 Å². The Morgan fingerprint density at radius 1 is 1.29 bits per heavy atom. The number of hydrogen-bond donors (Lipinski definition) is 1. The predicted octanol–water partition coefficient (Wildman–Crippen LogP) is 0.942. The zero-order valence-corrected chi connectivity index (χ0v) is 13.0. The van der Waals surface area contributed by atoms with Crippen molar-refractivity contribution in [3.63, 3.8) is 0 Å². The molecule has 3 aliphatic rings. The van der Waals surface area contributed by atoms with Gasteiger partial charge >= 0.3 is 111 Å². The first-order valence-electron chi connectivity index (χ1n) is 5.58. The molecule has 0 aliphatic carbocycles. The molecule has 0 saturated carbocycles. The SMILES string of the molecule is O=C1NC(=O)C([CH]2c3ccc[c]4c3C=[CH][In]42)S1. The summed E-state index contributed by atoms with van der Waals surface area (Å²) in [5.74, 6) is -0.0876. The van der Waals surface area contributed by atoms with Gasteiger partial charge in [0.15, 0.2) is 0 Å².